The van der Waals surface area contributed by atoms with E-state index in [2.05, 4.69) is 34.3 Å². The van der Waals surface area contributed by atoms with Gasteiger partial charge in [0, 0.05) is 31.2 Å². The average molecular weight is 367 g/mol. The summed E-state index contributed by atoms with van der Waals surface area (Å²) in [4.78, 5) is 17.2. The van der Waals surface area contributed by atoms with Crippen molar-refractivity contribution in [3.8, 4) is 5.69 Å². The fourth-order valence-corrected chi connectivity index (χ4v) is 3.30. The first-order valence-corrected chi connectivity index (χ1v) is 8.85. The summed E-state index contributed by atoms with van der Waals surface area (Å²) < 4.78 is 7.58. The minimum Gasteiger partial charge on any atom is -0.465 e. The van der Waals surface area contributed by atoms with Gasteiger partial charge in [-0.15, -0.1) is 5.10 Å². The lowest BCUT2D eigenvalue weighted by atomic mass is 10.2. The normalized spacial score (nSPS) is 17.2. The smallest absolute Gasteiger partial charge is 0.404 e. The van der Waals surface area contributed by atoms with Crippen molar-refractivity contribution in [2.24, 2.45) is 0 Å². The molecule has 2 N–H and O–H groups in total. The molecule has 1 aromatic carbocycles. The molecule has 2 aromatic heterocycles. The number of amides is 1. The molecule has 27 heavy (non-hydrogen) atoms. The van der Waals surface area contributed by atoms with Crippen molar-refractivity contribution in [3.05, 3.63) is 48.3 Å². The largest absolute Gasteiger partial charge is 0.465 e. The van der Waals surface area contributed by atoms with Crippen LogP contribution in [0.2, 0.25) is 0 Å². The van der Waals surface area contributed by atoms with Crippen LogP contribution in [0.5, 0.6) is 0 Å². The third-order valence-electron chi connectivity index (χ3n) is 4.66. The Hall–Kier alpha value is -3.13. The number of hydrogen-bond acceptors (Lipinski definition) is 5. The molecule has 1 aliphatic heterocycles. The second-order valence-electron chi connectivity index (χ2n) is 6.59. The number of carbonyl (C=O) groups is 1. The molecule has 1 unspecified atom stereocenters. The number of morpholine rings is 1. The van der Waals surface area contributed by atoms with Crippen molar-refractivity contribution in [1.82, 2.24) is 20.1 Å². The van der Waals surface area contributed by atoms with E-state index in [1.54, 1.807) is 6.20 Å². The van der Waals surface area contributed by atoms with E-state index < -0.39 is 6.09 Å². The van der Waals surface area contributed by atoms with E-state index in [9.17, 15) is 4.79 Å². The number of nitrogens with one attached hydrogen (secondary N) is 1. The van der Waals surface area contributed by atoms with Gasteiger partial charge < -0.3 is 20.1 Å². The van der Waals surface area contributed by atoms with Crippen molar-refractivity contribution >= 4 is 22.8 Å². The molecule has 3 aromatic rings. The van der Waals surface area contributed by atoms with E-state index in [4.69, 9.17) is 14.9 Å². The first-order chi connectivity index (χ1) is 13.1. The minimum atomic E-state index is -1.05. The Bertz CT molecular complexity index is 954. The van der Waals surface area contributed by atoms with E-state index in [0.717, 1.165) is 22.4 Å². The second kappa shape index (κ2) is 7.24. The van der Waals surface area contributed by atoms with E-state index >= 15 is 0 Å². The molecule has 140 valence electrons. The van der Waals surface area contributed by atoms with Gasteiger partial charge in [0.2, 0.25) is 0 Å². The molecule has 0 spiro atoms. The van der Waals surface area contributed by atoms with Gasteiger partial charge in [0.25, 0.3) is 0 Å². The molecule has 8 nitrogen and oxygen atoms in total. The van der Waals surface area contributed by atoms with E-state index in [0.29, 0.717) is 19.7 Å². The van der Waals surface area contributed by atoms with Crippen LogP contribution < -0.4 is 10.2 Å². The van der Waals surface area contributed by atoms with Gasteiger partial charge in [0.05, 0.1) is 30.1 Å². The van der Waals surface area contributed by atoms with Gasteiger partial charge >= 0.3 is 6.09 Å². The van der Waals surface area contributed by atoms with Gasteiger partial charge in [-0.2, -0.15) is 0 Å². The summed E-state index contributed by atoms with van der Waals surface area (Å²) in [5.41, 5.74) is 3.10. The molecule has 0 saturated carbocycles. The molecular formula is C19H21N5O3. The topological polar surface area (TPSA) is 92.5 Å². The quantitative estimate of drug-likeness (QED) is 0.734. The highest BCUT2D eigenvalue weighted by molar-refractivity contribution is 5.91. The van der Waals surface area contributed by atoms with Gasteiger partial charge in [-0.25, -0.2) is 9.48 Å². The maximum atomic E-state index is 10.7. The molecule has 1 fully saturated rings. The number of benzene rings is 1. The molecule has 1 aliphatic rings. The maximum Gasteiger partial charge on any atom is 0.404 e. The SMILES string of the molecule is Cc1ccc(-n2nc(N3CCOC(CNC(=O)O)C3)c3ccncc32)cc1. The van der Waals surface area contributed by atoms with Gasteiger partial charge in [-0.1, -0.05) is 17.7 Å². The van der Waals surface area contributed by atoms with Crippen LogP contribution in [0.4, 0.5) is 10.6 Å². The Morgan fingerprint density at radius 3 is 2.93 bits per heavy atom. The Morgan fingerprint density at radius 1 is 1.33 bits per heavy atom. The number of hydrogen-bond donors (Lipinski definition) is 2. The zero-order valence-corrected chi connectivity index (χ0v) is 15.0. The van der Waals surface area contributed by atoms with Crippen LogP contribution in [0, 0.1) is 6.92 Å². The molecule has 1 amide bonds. The monoisotopic (exact) mass is 367 g/mol. The van der Waals surface area contributed by atoms with Crippen molar-refractivity contribution in [1.29, 1.82) is 0 Å². The average Bonchev–Trinajstić information content (AvgIpc) is 3.07. The maximum absolute atomic E-state index is 10.7. The first kappa shape index (κ1) is 17.3. The standard InChI is InChI=1S/C19H21N5O3/c1-13-2-4-14(5-3-13)24-17-11-20-7-6-16(17)18(22-24)23-8-9-27-15(12-23)10-21-19(25)26/h2-7,11,15,21H,8-10,12H2,1H3,(H,25,26). The van der Waals surface area contributed by atoms with E-state index in [1.165, 1.54) is 5.56 Å². The minimum absolute atomic E-state index is 0.212. The lowest BCUT2D eigenvalue weighted by Gasteiger charge is -2.33. The number of rotatable bonds is 4. The molecule has 8 heteroatoms. The number of fused-ring (bicyclic) bond motifs is 1. The predicted octanol–water partition coefficient (Wildman–Crippen LogP) is 2.20. The summed E-state index contributed by atoms with van der Waals surface area (Å²) in [6.07, 6.45) is 2.32. The van der Waals surface area contributed by atoms with Crippen LogP contribution in [0.1, 0.15) is 5.56 Å². The number of carboxylic acid groups (broad SMARTS) is 1. The van der Waals surface area contributed by atoms with Crippen LogP contribution >= 0.6 is 0 Å². The van der Waals surface area contributed by atoms with Gasteiger partial charge in [-0.05, 0) is 25.1 Å². The van der Waals surface area contributed by atoms with Crippen LogP contribution in [0.25, 0.3) is 16.6 Å². The zero-order chi connectivity index (χ0) is 18.8. The Morgan fingerprint density at radius 2 is 2.15 bits per heavy atom. The molecule has 1 saturated heterocycles. The van der Waals surface area contributed by atoms with Gasteiger partial charge in [0.1, 0.15) is 0 Å². The molecule has 0 bridgehead atoms. The summed E-state index contributed by atoms with van der Waals surface area (Å²) in [7, 11) is 0. The van der Waals surface area contributed by atoms with Crippen LogP contribution in [-0.4, -0.2) is 58.3 Å². The van der Waals surface area contributed by atoms with Crippen molar-refractivity contribution < 1.29 is 14.6 Å². The molecule has 0 radical (unpaired) electrons. The fraction of sp³-hybridized carbons (Fsp3) is 0.316. The number of aryl methyl sites for hydroxylation is 1. The zero-order valence-electron chi connectivity index (χ0n) is 15.0. The Labute approximate surface area is 156 Å². The molecule has 0 aliphatic carbocycles. The molecule has 3 heterocycles. The molecule has 4 rings (SSSR count). The number of nitrogens with zero attached hydrogens (tertiary/aromatic N) is 4. The summed E-state index contributed by atoms with van der Waals surface area (Å²) >= 11 is 0. The van der Waals surface area contributed by atoms with Crippen LogP contribution in [0.3, 0.4) is 0 Å². The molecule has 1 atom stereocenters. The van der Waals surface area contributed by atoms with Crippen LogP contribution in [-0.2, 0) is 4.74 Å². The molecular weight excluding hydrogens is 346 g/mol. The second-order valence-corrected chi connectivity index (χ2v) is 6.59. The Balaban J connectivity index is 1.67. The fourth-order valence-electron chi connectivity index (χ4n) is 3.30. The number of aromatic nitrogens is 3. The lowest BCUT2D eigenvalue weighted by molar-refractivity contribution is 0.0408. The number of pyridine rings is 1. The van der Waals surface area contributed by atoms with E-state index in [-0.39, 0.29) is 12.6 Å². The summed E-state index contributed by atoms with van der Waals surface area (Å²) in [6.45, 7) is 4.10. The summed E-state index contributed by atoms with van der Waals surface area (Å²) in [5, 5.41) is 17.1. The third kappa shape index (κ3) is 3.56. The van der Waals surface area contributed by atoms with Crippen molar-refractivity contribution in [2.75, 3.05) is 31.1 Å². The highest BCUT2D eigenvalue weighted by Gasteiger charge is 2.25. The van der Waals surface area contributed by atoms with Gasteiger partial charge in [0.15, 0.2) is 5.82 Å². The number of ether oxygens (including phenoxy) is 1. The lowest BCUT2D eigenvalue weighted by Crippen LogP contribution is -2.47. The van der Waals surface area contributed by atoms with Gasteiger partial charge in [-0.3, -0.25) is 4.98 Å². The predicted molar refractivity (Wildman–Crippen MR) is 102 cm³/mol. The summed E-state index contributed by atoms with van der Waals surface area (Å²) in [6, 6.07) is 10.2. The van der Waals surface area contributed by atoms with E-state index in [1.807, 2.05) is 29.1 Å². The highest BCUT2D eigenvalue weighted by Crippen LogP contribution is 2.29. The summed E-state index contributed by atoms with van der Waals surface area (Å²) in [5.74, 6) is 0.858. The third-order valence-corrected chi connectivity index (χ3v) is 4.66. The Kier molecular flexibility index (Phi) is 4.64. The van der Waals surface area contributed by atoms with Crippen LogP contribution in [0.15, 0.2) is 42.7 Å². The number of anilines is 1. The highest BCUT2D eigenvalue weighted by atomic mass is 16.5. The van der Waals surface area contributed by atoms with Crippen molar-refractivity contribution in [2.45, 2.75) is 13.0 Å². The first-order valence-electron chi connectivity index (χ1n) is 8.85. The van der Waals surface area contributed by atoms with Crippen molar-refractivity contribution in [3.63, 3.8) is 0 Å².